The van der Waals surface area contributed by atoms with Crippen LogP contribution in [0, 0.1) is 6.92 Å². The number of nitrogens with zero attached hydrogens (tertiary/aromatic N) is 3. The van der Waals surface area contributed by atoms with E-state index in [9.17, 15) is 9.59 Å². The molecule has 146 valence electrons. The number of rotatable bonds is 6. The minimum Gasteiger partial charge on any atom is -0.353 e. The van der Waals surface area contributed by atoms with Gasteiger partial charge in [-0.15, -0.1) is 0 Å². The van der Waals surface area contributed by atoms with Crippen LogP contribution in [0.15, 0.2) is 22.3 Å². The second-order valence-corrected chi connectivity index (χ2v) is 8.35. The molecule has 3 rings (SSSR count). The maximum atomic E-state index is 12.4. The van der Waals surface area contributed by atoms with Gasteiger partial charge in [-0.05, 0) is 32.6 Å². The first-order valence-corrected chi connectivity index (χ1v) is 10.4. The number of nitrogens with one attached hydrogen (secondary N) is 2. The Morgan fingerprint density at radius 1 is 1.37 bits per heavy atom. The molecule has 2 aromatic rings. The average Bonchev–Trinajstić information content (AvgIpc) is 3.04. The van der Waals surface area contributed by atoms with Gasteiger partial charge in [0.05, 0.1) is 6.42 Å². The number of carbonyl (C=O) groups excluding carboxylic acids is 1. The van der Waals surface area contributed by atoms with Crippen LogP contribution in [0.25, 0.3) is 0 Å². The van der Waals surface area contributed by atoms with Gasteiger partial charge in [-0.25, -0.2) is 9.97 Å². The SMILES string of the molecule is CCc1nc(C)c(CC(=O)NC2CCC(Sc3nccn3C)CC2)c(=O)[nH]1. The molecular formula is C19H27N5O2S. The molecule has 1 fully saturated rings. The topological polar surface area (TPSA) is 92.7 Å². The van der Waals surface area contributed by atoms with Crippen LogP contribution in [0.3, 0.4) is 0 Å². The van der Waals surface area contributed by atoms with Gasteiger partial charge in [0.2, 0.25) is 5.91 Å². The molecule has 1 aliphatic carbocycles. The van der Waals surface area contributed by atoms with E-state index in [4.69, 9.17) is 0 Å². The molecule has 0 aromatic carbocycles. The normalized spacial score (nSPS) is 19.8. The lowest BCUT2D eigenvalue weighted by Crippen LogP contribution is -2.39. The molecule has 0 radical (unpaired) electrons. The lowest BCUT2D eigenvalue weighted by molar-refractivity contribution is -0.121. The molecule has 1 saturated carbocycles. The Morgan fingerprint density at radius 3 is 2.70 bits per heavy atom. The van der Waals surface area contributed by atoms with Gasteiger partial charge in [-0.1, -0.05) is 18.7 Å². The number of H-pyrrole nitrogens is 1. The summed E-state index contributed by atoms with van der Waals surface area (Å²) in [6, 6.07) is 0.179. The van der Waals surface area contributed by atoms with Crippen molar-refractivity contribution >= 4 is 17.7 Å². The molecule has 27 heavy (non-hydrogen) atoms. The van der Waals surface area contributed by atoms with Crippen LogP contribution in [0.5, 0.6) is 0 Å². The molecule has 0 saturated heterocycles. The number of amides is 1. The third kappa shape index (κ3) is 5.00. The zero-order valence-corrected chi connectivity index (χ0v) is 16.9. The molecule has 0 aliphatic heterocycles. The molecule has 7 nitrogen and oxygen atoms in total. The van der Waals surface area contributed by atoms with Gasteiger partial charge in [0.1, 0.15) is 5.82 Å². The van der Waals surface area contributed by atoms with Crippen molar-refractivity contribution < 1.29 is 4.79 Å². The number of aryl methyl sites for hydroxylation is 3. The number of aromatic amines is 1. The molecule has 8 heteroatoms. The van der Waals surface area contributed by atoms with E-state index in [1.165, 1.54) is 0 Å². The van der Waals surface area contributed by atoms with E-state index in [1.54, 1.807) is 6.92 Å². The smallest absolute Gasteiger partial charge is 0.254 e. The van der Waals surface area contributed by atoms with E-state index < -0.39 is 0 Å². The molecule has 0 bridgehead atoms. The Hall–Kier alpha value is -2.09. The minimum absolute atomic E-state index is 0.0834. The van der Waals surface area contributed by atoms with Crippen molar-refractivity contribution in [2.75, 3.05) is 0 Å². The highest BCUT2D eigenvalue weighted by molar-refractivity contribution is 7.99. The minimum atomic E-state index is -0.204. The first-order valence-electron chi connectivity index (χ1n) is 9.48. The molecule has 2 aromatic heterocycles. The number of aromatic nitrogens is 4. The lowest BCUT2D eigenvalue weighted by atomic mass is 9.94. The van der Waals surface area contributed by atoms with Gasteiger partial charge in [0.15, 0.2) is 5.16 Å². The standard InChI is InChI=1S/C19H27N5O2S/c1-4-16-21-12(2)15(18(26)23-16)11-17(25)22-13-5-7-14(8-6-13)27-19-20-9-10-24(19)3/h9-10,13-14H,4-8,11H2,1-3H3,(H,22,25)(H,21,23,26). The van der Waals surface area contributed by atoms with E-state index in [0.29, 0.717) is 28.8 Å². The maximum absolute atomic E-state index is 12.4. The van der Waals surface area contributed by atoms with Crippen LogP contribution < -0.4 is 10.9 Å². The highest BCUT2D eigenvalue weighted by atomic mass is 32.2. The van der Waals surface area contributed by atoms with Crippen molar-refractivity contribution in [2.45, 2.75) is 68.8 Å². The molecular weight excluding hydrogens is 362 g/mol. The highest BCUT2D eigenvalue weighted by Gasteiger charge is 2.24. The summed E-state index contributed by atoms with van der Waals surface area (Å²) in [6.45, 7) is 3.73. The van der Waals surface area contributed by atoms with E-state index >= 15 is 0 Å². The number of imidazole rings is 1. The van der Waals surface area contributed by atoms with Gasteiger partial charge in [-0.3, -0.25) is 9.59 Å². The summed E-state index contributed by atoms with van der Waals surface area (Å²) < 4.78 is 2.04. The summed E-state index contributed by atoms with van der Waals surface area (Å²) in [5, 5.41) is 4.67. The molecule has 1 aliphatic rings. The van der Waals surface area contributed by atoms with E-state index in [1.807, 2.05) is 42.7 Å². The van der Waals surface area contributed by atoms with Crippen LogP contribution in [0.4, 0.5) is 0 Å². The lowest BCUT2D eigenvalue weighted by Gasteiger charge is -2.28. The number of carbonyl (C=O) groups is 1. The van der Waals surface area contributed by atoms with Crippen molar-refractivity contribution in [2.24, 2.45) is 7.05 Å². The fourth-order valence-electron chi connectivity index (χ4n) is 3.42. The highest BCUT2D eigenvalue weighted by Crippen LogP contribution is 2.32. The summed E-state index contributed by atoms with van der Waals surface area (Å²) in [5.74, 6) is 0.556. The first-order chi connectivity index (χ1) is 13.0. The van der Waals surface area contributed by atoms with Crippen molar-refractivity contribution in [1.29, 1.82) is 0 Å². The second-order valence-electron chi connectivity index (χ2n) is 7.09. The Labute approximate surface area is 163 Å². The Bertz CT molecular complexity index is 852. The predicted molar refractivity (Wildman–Crippen MR) is 106 cm³/mol. The summed E-state index contributed by atoms with van der Waals surface area (Å²) >= 11 is 1.81. The molecule has 0 unspecified atom stereocenters. The quantitative estimate of drug-likeness (QED) is 0.790. The summed E-state index contributed by atoms with van der Waals surface area (Å²) in [7, 11) is 2.01. The Kier molecular flexibility index (Phi) is 6.36. The van der Waals surface area contributed by atoms with E-state index in [2.05, 4.69) is 20.3 Å². The van der Waals surface area contributed by atoms with Gasteiger partial charge < -0.3 is 14.9 Å². The van der Waals surface area contributed by atoms with Gasteiger partial charge in [0, 0.05) is 48.4 Å². The Balaban J connectivity index is 1.50. The molecule has 2 N–H and O–H groups in total. The molecule has 0 atom stereocenters. The van der Waals surface area contributed by atoms with Gasteiger partial charge in [-0.2, -0.15) is 0 Å². The zero-order chi connectivity index (χ0) is 19.4. The number of hydrogen-bond acceptors (Lipinski definition) is 5. The molecule has 1 amide bonds. The van der Waals surface area contributed by atoms with E-state index in [0.717, 1.165) is 30.8 Å². The first kappa shape index (κ1) is 19.7. The monoisotopic (exact) mass is 389 g/mol. The summed E-state index contributed by atoms with van der Waals surface area (Å²) in [5.41, 5.74) is 0.898. The number of hydrogen-bond donors (Lipinski definition) is 2. The zero-order valence-electron chi connectivity index (χ0n) is 16.1. The summed E-state index contributed by atoms with van der Waals surface area (Å²) in [4.78, 5) is 36.1. The third-order valence-corrected chi connectivity index (χ3v) is 6.44. The fraction of sp³-hybridized carbons (Fsp3) is 0.579. The molecule has 0 spiro atoms. The van der Waals surface area contributed by atoms with Crippen LogP contribution in [-0.2, 0) is 24.7 Å². The predicted octanol–water partition coefficient (Wildman–Crippen LogP) is 2.14. The molecule has 2 heterocycles. The van der Waals surface area contributed by atoms with Crippen molar-refractivity contribution in [1.82, 2.24) is 24.8 Å². The Morgan fingerprint density at radius 2 is 2.11 bits per heavy atom. The van der Waals surface area contributed by atoms with Crippen molar-refractivity contribution in [3.8, 4) is 0 Å². The van der Waals surface area contributed by atoms with Crippen molar-refractivity contribution in [3.63, 3.8) is 0 Å². The maximum Gasteiger partial charge on any atom is 0.254 e. The van der Waals surface area contributed by atoms with Crippen LogP contribution in [0.2, 0.25) is 0 Å². The average molecular weight is 390 g/mol. The second kappa shape index (κ2) is 8.73. The fourth-order valence-corrected chi connectivity index (χ4v) is 4.58. The van der Waals surface area contributed by atoms with Crippen LogP contribution in [0.1, 0.15) is 49.7 Å². The van der Waals surface area contributed by atoms with Gasteiger partial charge in [0.25, 0.3) is 5.56 Å². The largest absolute Gasteiger partial charge is 0.353 e. The number of thioether (sulfide) groups is 1. The van der Waals surface area contributed by atoms with Crippen LogP contribution >= 0.6 is 11.8 Å². The third-order valence-electron chi connectivity index (χ3n) is 5.03. The van der Waals surface area contributed by atoms with Gasteiger partial charge >= 0.3 is 0 Å². The summed E-state index contributed by atoms with van der Waals surface area (Å²) in [6.07, 6.45) is 8.54. The van der Waals surface area contributed by atoms with Crippen LogP contribution in [-0.4, -0.2) is 36.7 Å². The van der Waals surface area contributed by atoms with Crippen molar-refractivity contribution in [3.05, 3.63) is 39.8 Å². The van der Waals surface area contributed by atoms with E-state index in [-0.39, 0.29) is 23.9 Å².